The van der Waals surface area contributed by atoms with Crippen LogP contribution in [0, 0.1) is 6.92 Å². The van der Waals surface area contributed by atoms with Crippen LogP contribution in [0.3, 0.4) is 0 Å². The van der Waals surface area contributed by atoms with Crippen molar-refractivity contribution < 1.29 is 5.11 Å². The van der Waals surface area contributed by atoms with Crippen LogP contribution < -0.4 is 0 Å². The standard InChI is InChI=1S/C12H11ClN2O/c1-8-2-3-9(6-11(8)13)12(16)10-4-5-14-15-7-10/h2-7,12,16H,1H3. The first kappa shape index (κ1) is 11.0. The van der Waals surface area contributed by atoms with Crippen LogP contribution >= 0.6 is 11.6 Å². The quantitative estimate of drug-likeness (QED) is 0.869. The summed E-state index contributed by atoms with van der Waals surface area (Å²) in [5.74, 6) is 0. The minimum atomic E-state index is -0.714. The lowest BCUT2D eigenvalue weighted by Crippen LogP contribution is -2.00. The van der Waals surface area contributed by atoms with E-state index in [-0.39, 0.29) is 0 Å². The highest BCUT2D eigenvalue weighted by Crippen LogP contribution is 2.25. The van der Waals surface area contributed by atoms with Gasteiger partial charge in [0.05, 0.1) is 6.20 Å². The van der Waals surface area contributed by atoms with E-state index >= 15 is 0 Å². The van der Waals surface area contributed by atoms with Crippen molar-refractivity contribution in [3.63, 3.8) is 0 Å². The fourth-order valence-corrected chi connectivity index (χ4v) is 1.62. The summed E-state index contributed by atoms with van der Waals surface area (Å²) in [6, 6.07) is 7.23. The van der Waals surface area contributed by atoms with Crippen LogP contribution in [0.2, 0.25) is 5.02 Å². The lowest BCUT2D eigenvalue weighted by atomic mass is 10.0. The predicted molar refractivity (Wildman–Crippen MR) is 62.3 cm³/mol. The first-order chi connectivity index (χ1) is 7.68. The molecular formula is C12H11ClN2O. The molecule has 2 aromatic rings. The molecule has 0 aliphatic rings. The Morgan fingerprint density at radius 3 is 2.62 bits per heavy atom. The fraction of sp³-hybridized carbons (Fsp3) is 0.167. The maximum Gasteiger partial charge on any atom is 0.106 e. The zero-order chi connectivity index (χ0) is 11.5. The number of aliphatic hydroxyl groups is 1. The number of aryl methyl sites for hydroxylation is 1. The van der Waals surface area contributed by atoms with Gasteiger partial charge < -0.3 is 5.11 Å². The summed E-state index contributed by atoms with van der Waals surface area (Å²) in [5.41, 5.74) is 2.45. The lowest BCUT2D eigenvalue weighted by Gasteiger charge is -2.11. The van der Waals surface area contributed by atoms with Gasteiger partial charge in [-0.15, -0.1) is 0 Å². The third-order valence-corrected chi connectivity index (χ3v) is 2.84. The summed E-state index contributed by atoms with van der Waals surface area (Å²) in [5, 5.41) is 18.1. The predicted octanol–water partition coefficient (Wildman–Crippen LogP) is 2.52. The molecule has 0 radical (unpaired) electrons. The molecule has 4 heteroatoms. The van der Waals surface area contributed by atoms with Gasteiger partial charge in [0.1, 0.15) is 6.10 Å². The number of nitrogens with zero attached hydrogens (tertiary/aromatic N) is 2. The smallest absolute Gasteiger partial charge is 0.106 e. The van der Waals surface area contributed by atoms with E-state index in [1.54, 1.807) is 24.5 Å². The molecule has 2 rings (SSSR count). The van der Waals surface area contributed by atoms with Crippen molar-refractivity contribution >= 4 is 11.6 Å². The van der Waals surface area contributed by atoms with Crippen molar-refractivity contribution in [1.29, 1.82) is 0 Å². The van der Waals surface area contributed by atoms with Gasteiger partial charge in [0.25, 0.3) is 0 Å². The fourth-order valence-electron chi connectivity index (χ4n) is 1.43. The van der Waals surface area contributed by atoms with Crippen LogP contribution in [0.25, 0.3) is 0 Å². The maximum atomic E-state index is 10.1. The van der Waals surface area contributed by atoms with Crippen molar-refractivity contribution in [2.24, 2.45) is 0 Å². The Kier molecular flexibility index (Phi) is 3.17. The number of hydrogen-bond donors (Lipinski definition) is 1. The SMILES string of the molecule is Cc1ccc(C(O)c2ccnnc2)cc1Cl. The maximum absolute atomic E-state index is 10.1. The molecule has 82 valence electrons. The summed E-state index contributed by atoms with van der Waals surface area (Å²) in [6.45, 7) is 1.92. The molecule has 1 unspecified atom stereocenters. The van der Waals surface area contributed by atoms with E-state index < -0.39 is 6.10 Å². The van der Waals surface area contributed by atoms with Crippen LogP contribution in [0.5, 0.6) is 0 Å². The highest BCUT2D eigenvalue weighted by molar-refractivity contribution is 6.31. The minimum absolute atomic E-state index is 0.651. The Labute approximate surface area is 98.7 Å². The van der Waals surface area contributed by atoms with Crippen LogP contribution in [-0.4, -0.2) is 15.3 Å². The van der Waals surface area contributed by atoms with Crippen molar-refractivity contribution in [3.05, 3.63) is 58.4 Å². The van der Waals surface area contributed by atoms with Crippen LogP contribution in [0.1, 0.15) is 22.8 Å². The normalized spacial score (nSPS) is 12.4. The Morgan fingerprint density at radius 1 is 1.19 bits per heavy atom. The molecule has 0 spiro atoms. The first-order valence-corrected chi connectivity index (χ1v) is 5.27. The number of benzene rings is 1. The lowest BCUT2D eigenvalue weighted by molar-refractivity contribution is 0.219. The molecule has 1 aromatic carbocycles. The molecule has 1 heterocycles. The van der Waals surface area contributed by atoms with Crippen molar-refractivity contribution in [1.82, 2.24) is 10.2 Å². The minimum Gasteiger partial charge on any atom is -0.384 e. The van der Waals surface area contributed by atoms with E-state index in [1.165, 1.54) is 0 Å². The van der Waals surface area contributed by atoms with Gasteiger partial charge in [-0.3, -0.25) is 0 Å². The zero-order valence-electron chi connectivity index (χ0n) is 8.76. The van der Waals surface area contributed by atoms with E-state index in [4.69, 9.17) is 11.6 Å². The molecule has 1 atom stereocenters. The van der Waals surface area contributed by atoms with Gasteiger partial charge in [-0.1, -0.05) is 23.7 Å². The van der Waals surface area contributed by atoms with Crippen LogP contribution in [0.4, 0.5) is 0 Å². The Bertz CT molecular complexity index is 488. The topological polar surface area (TPSA) is 46.0 Å². The number of aromatic nitrogens is 2. The molecule has 0 saturated carbocycles. The zero-order valence-corrected chi connectivity index (χ0v) is 9.52. The van der Waals surface area contributed by atoms with E-state index in [2.05, 4.69) is 10.2 Å². The van der Waals surface area contributed by atoms with Gasteiger partial charge in [0, 0.05) is 16.8 Å². The molecular weight excluding hydrogens is 224 g/mol. The third-order valence-electron chi connectivity index (χ3n) is 2.43. The van der Waals surface area contributed by atoms with Gasteiger partial charge in [0.2, 0.25) is 0 Å². The van der Waals surface area contributed by atoms with Crippen molar-refractivity contribution in [2.45, 2.75) is 13.0 Å². The average Bonchev–Trinajstić information content (AvgIpc) is 2.33. The monoisotopic (exact) mass is 234 g/mol. The summed E-state index contributed by atoms with van der Waals surface area (Å²) in [6.07, 6.45) is 2.38. The second-order valence-electron chi connectivity index (χ2n) is 3.59. The van der Waals surface area contributed by atoms with E-state index in [0.29, 0.717) is 10.6 Å². The number of hydrogen-bond acceptors (Lipinski definition) is 3. The van der Waals surface area contributed by atoms with Crippen molar-refractivity contribution in [2.75, 3.05) is 0 Å². The molecule has 0 aliphatic carbocycles. The summed E-state index contributed by atoms with van der Waals surface area (Å²) >= 11 is 6.01. The summed E-state index contributed by atoms with van der Waals surface area (Å²) < 4.78 is 0. The summed E-state index contributed by atoms with van der Waals surface area (Å²) in [7, 11) is 0. The average molecular weight is 235 g/mol. The highest BCUT2D eigenvalue weighted by Gasteiger charge is 2.11. The molecule has 16 heavy (non-hydrogen) atoms. The van der Waals surface area contributed by atoms with E-state index in [9.17, 15) is 5.11 Å². The van der Waals surface area contributed by atoms with Crippen LogP contribution in [0.15, 0.2) is 36.7 Å². The molecule has 1 N–H and O–H groups in total. The molecule has 0 fully saturated rings. The third kappa shape index (κ3) is 2.21. The van der Waals surface area contributed by atoms with Gasteiger partial charge in [-0.05, 0) is 30.2 Å². The van der Waals surface area contributed by atoms with E-state index in [0.717, 1.165) is 11.1 Å². The molecule has 0 saturated heterocycles. The Morgan fingerprint density at radius 2 is 2.00 bits per heavy atom. The van der Waals surface area contributed by atoms with Gasteiger partial charge in [-0.2, -0.15) is 10.2 Å². The second-order valence-corrected chi connectivity index (χ2v) is 3.99. The van der Waals surface area contributed by atoms with Gasteiger partial charge in [-0.25, -0.2) is 0 Å². The molecule has 3 nitrogen and oxygen atoms in total. The van der Waals surface area contributed by atoms with Crippen LogP contribution in [-0.2, 0) is 0 Å². The second kappa shape index (κ2) is 4.60. The molecule has 1 aromatic heterocycles. The highest BCUT2D eigenvalue weighted by atomic mass is 35.5. The van der Waals surface area contributed by atoms with Gasteiger partial charge >= 0.3 is 0 Å². The Balaban J connectivity index is 2.34. The number of aliphatic hydroxyl groups excluding tert-OH is 1. The molecule has 0 amide bonds. The largest absolute Gasteiger partial charge is 0.384 e. The molecule has 0 bridgehead atoms. The summed E-state index contributed by atoms with van der Waals surface area (Å²) in [4.78, 5) is 0. The first-order valence-electron chi connectivity index (χ1n) is 4.89. The Hall–Kier alpha value is -1.45. The number of rotatable bonds is 2. The van der Waals surface area contributed by atoms with Gasteiger partial charge in [0.15, 0.2) is 0 Å². The molecule has 0 aliphatic heterocycles. The van der Waals surface area contributed by atoms with Crippen molar-refractivity contribution in [3.8, 4) is 0 Å². The number of halogens is 1. The van der Waals surface area contributed by atoms with E-state index in [1.807, 2.05) is 19.1 Å².